The number of aromatic nitrogens is 2. The van der Waals surface area contributed by atoms with Crippen LogP contribution in [0.15, 0.2) is 36.8 Å². The normalized spacial score (nSPS) is 19.9. The summed E-state index contributed by atoms with van der Waals surface area (Å²) in [5.74, 6) is 0. The van der Waals surface area contributed by atoms with E-state index in [9.17, 15) is 0 Å². The Morgan fingerprint density at radius 3 is 3.17 bits per heavy atom. The number of ether oxygens (including phenoxy) is 1. The summed E-state index contributed by atoms with van der Waals surface area (Å²) in [7, 11) is 0. The fraction of sp³-hybridized carbons (Fsp3) is 0.357. The van der Waals surface area contributed by atoms with Crippen LogP contribution in [0, 0.1) is 6.92 Å². The first-order valence-corrected chi connectivity index (χ1v) is 6.26. The van der Waals surface area contributed by atoms with Crippen LogP contribution < -0.4 is 5.32 Å². The Balaban J connectivity index is 1.95. The summed E-state index contributed by atoms with van der Waals surface area (Å²) < 4.78 is 7.89. The van der Waals surface area contributed by atoms with Gasteiger partial charge in [0.15, 0.2) is 0 Å². The van der Waals surface area contributed by atoms with Crippen LogP contribution in [-0.4, -0.2) is 29.2 Å². The molecule has 0 spiro atoms. The summed E-state index contributed by atoms with van der Waals surface area (Å²) in [6.45, 7) is 4.62. The average Bonchev–Trinajstić information content (AvgIpc) is 2.89. The van der Waals surface area contributed by atoms with E-state index in [0.717, 1.165) is 31.1 Å². The van der Waals surface area contributed by atoms with Gasteiger partial charge in [-0.15, -0.1) is 0 Å². The van der Waals surface area contributed by atoms with Gasteiger partial charge in [-0.25, -0.2) is 4.98 Å². The molecule has 0 radical (unpaired) electrons. The minimum atomic E-state index is 0.0850. The van der Waals surface area contributed by atoms with Crippen molar-refractivity contribution in [3.8, 4) is 5.69 Å². The van der Waals surface area contributed by atoms with Gasteiger partial charge in [-0.1, -0.05) is 12.1 Å². The summed E-state index contributed by atoms with van der Waals surface area (Å²) in [5.41, 5.74) is 3.49. The first kappa shape index (κ1) is 11.4. The zero-order chi connectivity index (χ0) is 12.4. The Labute approximate surface area is 107 Å². The first-order chi connectivity index (χ1) is 8.84. The zero-order valence-electron chi connectivity index (χ0n) is 10.5. The number of nitrogens with one attached hydrogen (secondary N) is 1. The SMILES string of the molecule is Cc1cccc(-n2cncc2C2CNCCO2)c1. The zero-order valence-corrected chi connectivity index (χ0v) is 10.5. The smallest absolute Gasteiger partial charge is 0.112 e. The Morgan fingerprint density at radius 2 is 2.39 bits per heavy atom. The second-order valence-electron chi connectivity index (χ2n) is 4.59. The number of hydrogen-bond acceptors (Lipinski definition) is 3. The van der Waals surface area contributed by atoms with Crippen molar-refractivity contribution in [1.82, 2.24) is 14.9 Å². The average molecular weight is 243 g/mol. The maximum absolute atomic E-state index is 5.79. The van der Waals surface area contributed by atoms with Gasteiger partial charge < -0.3 is 14.6 Å². The second-order valence-corrected chi connectivity index (χ2v) is 4.59. The number of imidazole rings is 1. The molecule has 2 heterocycles. The summed E-state index contributed by atoms with van der Waals surface area (Å²) >= 11 is 0. The Hall–Kier alpha value is -1.65. The van der Waals surface area contributed by atoms with Crippen LogP contribution in [-0.2, 0) is 4.74 Å². The maximum atomic E-state index is 5.79. The summed E-state index contributed by atoms with van der Waals surface area (Å²) in [6.07, 6.45) is 3.82. The third-order valence-electron chi connectivity index (χ3n) is 3.20. The Kier molecular flexibility index (Phi) is 3.13. The minimum absolute atomic E-state index is 0.0850. The fourth-order valence-electron chi connectivity index (χ4n) is 2.29. The first-order valence-electron chi connectivity index (χ1n) is 6.26. The molecule has 4 nitrogen and oxygen atoms in total. The molecule has 1 N–H and O–H groups in total. The van der Waals surface area contributed by atoms with Gasteiger partial charge in [0.1, 0.15) is 6.10 Å². The molecule has 94 valence electrons. The van der Waals surface area contributed by atoms with Crippen LogP contribution in [0.2, 0.25) is 0 Å². The molecule has 1 aliphatic heterocycles. The molecule has 4 heteroatoms. The standard InChI is InChI=1S/C14H17N3O/c1-11-3-2-4-12(7-11)17-10-16-8-13(17)14-9-15-5-6-18-14/h2-4,7-8,10,14-15H,5-6,9H2,1H3. The lowest BCUT2D eigenvalue weighted by atomic mass is 10.2. The monoisotopic (exact) mass is 243 g/mol. The quantitative estimate of drug-likeness (QED) is 0.874. The van der Waals surface area contributed by atoms with Crippen molar-refractivity contribution in [3.05, 3.63) is 48.0 Å². The van der Waals surface area contributed by atoms with Crippen LogP contribution >= 0.6 is 0 Å². The molecule has 0 aliphatic carbocycles. The second kappa shape index (κ2) is 4.92. The number of nitrogens with zero attached hydrogens (tertiary/aromatic N) is 2. The van der Waals surface area contributed by atoms with E-state index < -0.39 is 0 Å². The van der Waals surface area contributed by atoms with Crippen molar-refractivity contribution in [3.63, 3.8) is 0 Å². The highest BCUT2D eigenvalue weighted by atomic mass is 16.5. The molecule has 1 unspecified atom stereocenters. The lowest BCUT2D eigenvalue weighted by Crippen LogP contribution is -2.34. The Bertz CT molecular complexity index is 529. The van der Waals surface area contributed by atoms with Gasteiger partial charge in [0, 0.05) is 18.8 Å². The minimum Gasteiger partial charge on any atom is -0.369 e. The number of morpholine rings is 1. The van der Waals surface area contributed by atoms with Crippen LogP contribution in [0.25, 0.3) is 5.69 Å². The molecule has 0 bridgehead atoms. The van der Waals surface area contributed by atoms with E-state index in [2.05, 4.69) is 46.1 Å². The van der Waals surface area contributed by atoms with Gasteiger partial charge >= 0.3 is 0 Å². The van der Waals surface area contributed by atoms with E-state index in [-0.39, 0.29) is 6.10 Å². The van der Waals surface area contributed by atoms with Crippen molar-refractivity contribution in [1.29, 1.82) is 0 Å². The van der Waals surface area contributed by atoms with Crippen LogP contribution in [0.4, 0.5) is 0 Å². The van der Waals surface area contributed by atoms with Crippen molar-refractivity contribution >= 4 is 0 Å². The number of aryl methyl sites for hydroxylation is 1. The Morgan fingerprint density at radius 1 is 1.44 bits per heavy atom. The number of rotatable bonds is 2. The molecule has 1 aromatic carbocycles. The van der Waals surface area contributed by atoms with Crippen LogP contribution in [0.5, 0.6) is 0 Å². The van der Waals surface area contributed by atoms with E-state index >= 15 is 0 Å². The highest BCUT2D eigenvalue weighted by Gasteiger charge is 2.19. The van der Waals surface area contributed by atoms with Crippen LogP contribution in [0.1, 0.15) is 17.4 Å². The fourth-order valence-corrected chi connectivity index (χ4v) is 2.29. The molecular formula is C14H17N3O. The molecule has 1 fully saturated rings. The summed E-state index contributed by atoms with van der Waals surface area (Å²) in [6, 6.07) is 8.41. The predicted octanol–water partition coefficient (Wildman–Crippen LogP) is 1.84. The topological polar surface area (TPSA) is 39.1 Å². The van der Waals surface area contributed by atoms with Gasteiger partial charge in [0.05, 0.1) is 24.8 Å². The molecular weight excluding hydrogens is 226 g/mol. The van der Waals surface area contributed by atoms with E-state index in [4.69, 9.17) is 4.74 Å². The third kappa shape index (κ3) is 2.17. The van der Waals surface area contributed by atoms with Gasteiger partial charge in [0.2, 0.25) is 0 Å². The lowest BCUT2D eigenvalue weighted by molar-refractivity contribution is 0.0240. The van der Waals surface area contributed by atoms with E-state index in [1.807, 2.05) is 12.5 Å². The van der Waals surface area contributed by atoms with Crippen molar-refractivity contribution in [2.75, 3.05) is 19.7 Å². The van der Waals surface area contributed by atoms with Crippen molar-refractivity contribution in [2.24, 2.45) is 0 Å². The summed E-state index contributed by atoms with van der Waals surface area (Å²) in [5, 5.41) is 3.35. The highest BCUT2D eigenvalue weighted by Crippen LogP contribution is 2.22. The molecule has 1 saturated heterocycles. The highest BCUT2D eigenvalue weighted by molar-refractivity contribution is 5.37. The van der Waals surface area contributed by atoms with E-state index in [1.165, 1.54) is 5.56 Å². The number of benzene rings is 1. The maximum Gasteiger partial charge on any atom is 0.112 e. The molecule has 1 aliphatic rings. The molecule has 0 saturated carbocycles. The lowest BCUT2D eigenvalue weighted by Gasteiger charge is -2.24. The van der Waals surface area contributed by atoms with Gasteiger partial charge in [0.25, 0.3) is 0 Å². The molecule has 0 amide bonds. The molecule has 2 aromatic rings. The predicted molar refractivity (Wildman–Crippen MR) is 69.9 cm³/mol. The number of hydrogen-bond donors (Lipinski definition) is 1. The van der Waals surface area contributed by atoms with Gasteiger partial charge in [-0.2, -0.15) is 0 Å². The van der Waals surface area contributed by atoms with Gasteiger partial charge in [-0.05, 0) is 24.6 Å². The third-order valence-corrected chi connectivity index (χ3v) is 3.20. The largest absolute Gasteiger partial charge is 0.369 e. The molecule has 1 atom stereocenters. The van der Waals surface area contributed by atoms with Crippen LogP contribution in [0.3, 0.4) is 0 Å². The van der Waals surface area contributed by atoms with Crippen molar-refractivity contribution < 1.29 is 4.74 Å². The van der Waals surface area contributed by atoms with E-state index in [0.29, 0.717) is 0 Å². The molecule has 3 rings (SSSR count). The summed E-state index contributed by atoms with van der Waals surface area (Å²) in [4.78, 5) is 4.26. The van der Waals surface area contributed by atoms with E-state index in [1.54, 1.807) is 0 Å². The molecule has 1 aromatic heterocycles. The molecule has 18 heavy (non-hydrogen) atoms. The van der Waals surface area contributed by atoms with Gasteiger partial charge in [-0.3, -0.25) is 0 Å². The van der Waals surface area contributed by atoms with Crippen molar-refractivity contribution in [2.45, 2.75) is 13.0 Å².